The number of carbonyl (C=O) groups is 3. The van der Waals surface area contributed by atoms with Gasteiger partial charge in [-0.3, -0.25) is 9.59 Å². The van der Waals surface area contributed by atoms with Crippen LogP contribution in [0.15, 0.2) is 78.9 Å². The summed E-state index contributed by atoms with van der Waals surface area (Å²) < 4.78 is 56.9. The Morgan fingerprint density at radius 2 is 1.12 bits per heavy atom. The molecule has 0 fully saturated rings. The van der Waals surface area contributed by atoms with Crippen molar-refractivity contribution in [2.24, 2.45) is 0 Å². The number of benzene rings is 4. The van der Waals surface area contributed by atoms with Crippen LogP contribution in [-0.2, 0) is 59.4 Å². The van der Waals surface area contributed by atoms with E-state index >= 15 is 0 Å². The van der Waals surface area contributed by atoms with E-state index in [1.54, 1.807) is 30.3 Å². The minimum absolute atomic E-state index is 0.0667. The van der Waals surface area contributed by atoms with Crippen LogP contribution in [0.4, 0.5) is 11.4 Å². The van der Waals surface area contributed by atoms with E-state index in [0.29, 0.717) is 151 Å². The highest BCUT2D eigenvalue weighted by Crippen LogP contribution is 2.57. The maximum Gasteiger partial charge on any atom is 0.340 e. The van der Waals surface area contributed by atoms with Crippen molar-refractivity contribution < 1.29 is 66.9 Å². The van der Waals surface area contributed by atoms with Gasteiger partial charge in [0.2, 0.25) is 5.91 Å². The minimum Gasteiger partial charge on any atom is -0.508 e. The zero-order valence-electron chi connectivity index (χ0n) is 39.8. The molecule has 0 saturated carbocycles. The molecule has 2 amide bonds. The summed E-state index contributed by atoms with van der Waals surface area (Å²) >= 11 is 0. The summed E-state index contributed by atoms with van der Waals surface area (Å²) in [7, 11) is 5.73. The van der Waals surface area contributed by atoms with E-state index < -0.39 is 11.6 Å². The highest BCUT2D eigenvalue weighted by Gasteiger charge is 2.53. The van der Waals surface area contributed by atoms with Crippen LogP contribution in [0.2, 0.25) is 0 Å². The van der Waals surface area contributed by atoms with E-state index in [0.717, 1.165) is 16.9 Å². The molecule has 4 N–H and O–H groups in total. The second-order valence-electron chi connectivity index (χ2n) is 16.1. The summed E-state index contributed by atoms with van der Waals surface area (Å²) in [6, 6.07) is 23.5. The average molecular weight is 959 g/mol. The van der Waals surface area contributed by atoms with E-state index in [-0.39, 0.29) is 37.1 Å². The minimum atomic E-state index is -1.24. The van der Waals surface area contributed by atoms with E-state index in [1.807, 2.05) is 74.6 Å². The van der Waals surface area contributed by atoms with Crippen molar-refractivity contribution in [2.45, 2.75) is 18.4 Å². The number of amides is 2. The normalized spacial score (nSPS) is 14.4. The third-order valence-corrected chi connectivity index (χ3v) is 11.1. The maximum atomic E-state index is 13.6. The number of phenols is 1. The van der Waals surface area contributed by atoms with Gasteiger partial charge in [0.15, 0.2) is 5.60 Å². The summed E-state index contributed by atoms with van der Waals surface area (Å²) in [4.78, 5) is 40.6. The molecule has 4 aromatic rings. The molecular formula is C51H66N4O14. The predicted molar refractivity (Wildman–Crippen MR) is 257 cm³/mol. The number of nitrogens with zero attached hydrogens (tertiary/aromatic N) is 1. The Labute approximate surface area is 403 Å². The SMILES string of the molecule is CNc1ccc2c(c1)Oc1cc(N(C)C)ccc1C21OC(=O)c2cc(C(=O)NCCOCCOCCOCCOCCOCCOCCOCCOCCC(=O)NCCc3ccc(O)cc3)ccc21. The average Bonchev–Trinajstić information content (AvgIpc) is 3.64. The first-order valence-corrected chi connectivity index (χ1v) is 23.3. The molecule has 18 heteroatoms. The molecule has 0 radical (unpaired) electrons. The van der Waals surface area contributed by atoms with Crippen LogP contribution >= 0.6 is 0 Å². The van der Waals surface area contributed by atoms with E-state index in [9.17, 15) is 19.5 Å². The molecule has 18 nitrogen and oxygen atoms in total. The number of anilines is 2. The molecule has 69 heavy (non-hydrogen) atoms. The van der Waals surface area contributed by atoms with Crippen LogP contribution in [-0.4, -0.2) is 163 Å². The van der Waals surface area contributed by atoms with Crippen molar-refractivity contribution in [3.63, 3.8) is 0 Å². The lowest BCUT2D eigenvalue weighted by Crippen LogP contribution is -2.33. The Kier molecular flexibility index (Phi) is 21.3. The van der Waals surface area contributed by atoms with Gasteiger partial charge >= 0.3 is 5.97 Å². The molecule has 0 aromatic heterocycles. The predicted octanol–water partition coefficient (Wildman–Crippen LogP) is 4.68. The Morgan fingerprint density at radius 3 is 1.68 bits per heavy atom. The number of fused-ring (bicyclic) bond motifs is 6. The van der Waals surface area contributed by atoms with Gasteiger partial charge in [-0.2, -0.15) is 0 Å². The fourth-order valence-corrected chi connectivity index (χ4v) is 7.53. The summed E-state index contributed by atoms with van der Waals surface area (Å²) in [5, 5.41) is 18.2. The lowest BCUT2D eigenvalue weighted by molar-refractivity contribution is -0.122. The number of esters is 1. The first-order chi connectivity index (χ1) is 33.7. The number of nitrogens with one attached hydrogen (secondary N) is 3. The van der Waals surface area contributed by atoms with Gasteiger partial charge in [0.25, 0.3) is 5.91 Å². The topological polar surface area (TPSA) is 203 Å². The molecule has 374 valence electrons. The molecular weight excluding hydrogens is 893 g/mol. The van der Waals surface area contributed by atoms with Gasteiger partial charge in [-0.1, -0.05) is 18.2 Å². The molecule has 2 heterocycles. The molecule has 2 aliphatic heterocycles. The van der Waals surface area contributed by atoms with E-state index in [1.165, 1.54) is 0 Å². The van der Waals surface area contributed by atoms with Crippen LogP contribution < -0.4 is 25.6 Å². The first-order valence-electron chi connectivity index (χ1n) is 23.3. The fraction of sp³-hybridized carbons (Fsp3) is 0.471. The summed E-state index contributed by atoms with van der Waals surface area (Å²) in [5.41, 5.74) is 4.29. The van der Waals surface area contributed by atoms with Crippen LogP contribution in [0.1, 0.15) is 49.4 Å². The number of aromatic hydroxyl groups is 1. The van der Waals surface area contributed by atoms with Crippen molar-refractivity contribution in [2.75, 3.05) is 150 Å². The van der Waals surface area contributed by atoms with E-state index in [4.69, 9.17) is 47.4 Å². The highest BCUT2D eigenvalue weighted by atomic mass is 16.6. The van der Waals surface area contributed by atoms with Crippen molar-refractivity contribution in [3.8, 4) is 17.2 Å². The molecule has 1 spiro atoms. The Balaban J connectivity index is 0.716. The first kappa shape index (κ1) is 52.5. The molecule has 0 saturated heterocycles. The summed E-state index contributed by atoms with van der Waals surface area (Å²) in [5.74, 6) is 0.461. The molecule has 4 aromatic carbocycles. The number of phenolic OH excluding ortho intramolecular Hbond substituents is 1. The van der Waals surface area contributed by atoms with Gasteiger partial charge in [-0.15, -0.1) is 0 Å². The van der Waals surface area contributed by atoms with Crippen molar-refractivity contribution in [1.82, 2.24) is 10.6 Å². The largest absolute Gasteiger partial charge is 0.508 e. The summed E-state index contributed by atoms with van der Waals surface area (Å²) in [6.45, 7) is 7.36. The lowest BCUT2D eigenvalue weighted by Gasteiger charge is -2.37. The van der Waals surface area contributed by atoms with Gasteiger partial charge in [-0.05, 0) is 60.5 Å². The van der Waals surface area contributed by atoms with E-state index in [2.05, 4.69) is 16.0 Å². The number of ether oxygens (including phenoxy) is 10. The van der Waals surface area contributed by atoms with Gasteiger partial charge < -0.3 is 73.3 Å². The van der Waals surface area contributed by atoms with Gasteiger partial charge in [0.05, 0.1) is 111 Å². The van der Waals surface area contributed by atoms with Crippen molar-refractivity contribution in [1.29, 1.82) is 0 Å². The van der Waals surface area contributed by atoms with Crippen LogP contribution in [0.3, 0.4) is 0 Å². The highest BCUT2D eigenvalue weighted by molar-refractivity contribution is 6.01. The van der Waals surface area contributed by atoms with Gasteiger partial charge in [-0.25, -0.2) is 4.79 Å². The number of carbonyl (C=O) groups excluding carboxylic acids is 3. The third kappa shape index (κ3) is 15.6. The second kappa shape index (κ2) is 28.0. The lowest BCUT2D eigenvalue weighted by atomic mass is 9.77. The zero-order valence-corrected chi connectivity index (χ0v) is 39.8. The van der Waals surface area contributed by atoms with Crippen LogP contribution in [0.5, 0.6) is 17.2 Å². The molecule has 6 rings (SSSR count). The number of hydrogen-bond acceptors (Lipinski definition) is 16. The molecule has 1 atom stereocenters. The standard InChI is InChI=1S/C51H66N4O14/c1-52-39-7-12-44-46(35-39)68-47-36-40(55(2)3)8-13-45(47)51(44)43-11-6-38(34-42(43)50(59)69-51)49(58)54-17-19-61-21-23-63-25-27-65-29-31-67-33-32-66-30-28-64-26-24-62-22-20-60-18-15-48(57)53-16-14-37-4-9-41(56)10-5-37/h4-13,34-36,52,56H,14-33H2,1-3H3,(H,53,57)(H,54,58). The van der Waals surface area contributed by atoms with Gasteiger partial charge in [0, 0.05) is 86.4 Å². The Morgan fingerprint density at radius 1 is 0.594 bits per heavy atom. The maximum absolute atomic E-state index is 13.6. The zero-order chi connectivity index (χ0) is 48.7. The van der Waals surface area contributed by atoms with Crippen LogP contribution in [0, 0.1) is 0 Å². The van der Waals surface area contributed by atoms with Crippen LogP contribution in [0.25, 0.3) is 0 Å². The molecule has 1 unspecified atom stereocenters. The number of rotatable bonds is 33. The Bertz CT molecular complexity index is 2240. The van der Waals surface area contributed by atoms with Crippen molar-refractivity contribution in [3.05, 3.63) is 112 Å². The molecule has 0 bridgehead atoms. The fourth-order valence-electron chi connectivity index (χ4n) is 7.53. The summed E-state index contributed by atoms with van der Waals surface area (Å²) in [6.07, 6.45) is 0.982. The molecule has 2 aliphatic rings. The second-order valence-corrected chi connectivity index (χ2v) is 16.1. The molecule has 0 aliphatic carbocycles. The Hall–Kier alpha value is -5.83. The number of hydrogen-bond donors (Lipinski definition) is 4. The monoisotopic (exact) mass is 958 g/mol. The van der Waals surface area contributed by atoms with Crippen molar-refractivity contribution >= 4 is 29.2 Å². The third-order valence-electron chi connectivity index (χ3n) is 11.1. The van der Waals surface area contributed by atoms with Gasteiger partial charge in [0.1, 0.15) is 17.2 Å². The smallest absolute Gasteiger partial charge is 0.340 e. The quantitative estimate of drug-likeness (QED) is 0.0378.